The average Bonchev–Trinajstić information content (AvgIpc) is 2.03. The monoisotopic (exact) mass is 154 g/mol. The highest BCUT2D eigenvalue weighted by atomic mass is 14.1. The van der Waals surface area contributed by atoms with Crippen LogP contribution < -0.4 is 0 Å². The molecule has 0 aliphatic rings. The van der Waals surface area contributed by atoms with Gasteiger partial charge in [-0.2, -0.15) is 0 Å². The molecule has 0 fully saturated rings. The molecule has 0 aromatic carbocycles. The van der Waals surface area contributed by atoms with Gasteiger partial charge in [0.15, 0.2) is 0 Å². The van der Waals surface area contributed by atoms with Gasteiger partial charge in [-0.3, -0.25) is 0 Å². The van der Waals surface area contributed by atoms with Crippen LogP contribution in [-0.4, -0.2) is 0 Å². The smallest absolute Gasteiger partial charge is 0.0236 e. The van der Waals surface area contributed by atoms with Crippen LogP contribution in [0.3, 0.4) is 0 Å². The zero-order chi connectivity index (χ0) is 8.69. The van der Waals surface area contributed by atoms with Crippen molar-refractivity contribution in [3.05, 3.63) is 12.2 Å². The van der Waals surface area contributed by atoms with E-state index in [1.807, 2.05) is 0 Å². The first-order chi connectivity index (χ1) is 5.22. The molecule has 0 aromatic rings. The van der Waals surface area contributed by atoms with E-state index in [4.69, 9.17) is 0 Å². The molecule has 0 aliphatic carbocycles. The molecule has 0 heterocycles. The summed E-state index contributed by atoms with van der Waals surface area (Å²) in [6, 6.07) is 0. The molecule has 0 radical (unpaired) electrons. The molecule has 2 atom stereocenters. The molecule has 0 amide bonds. The molecule has 0 saturated heterocycles. The molecule has 0 aliphatic heterocycles. The summed E-state index contributed by atoms with van der Waals surface area (Å²) in [7, 11) is 0. The van der Waals surface area contributed by atoms with Gasteiger partial charge in [0.25, 0.3) is 0 Å². The fourth-order valence-corrected chi connectivity index (χ4v) is 1.04. The van der Waals surface area contributed by atoms with E-state index in [9.17, 15) is 0 Å². The molecule has 0 nitrogen and oxygen atoms in total. The number of hydrogen-bond acceptors (Lipinski definition) is 0. The Morgan fingerprint density at radius 3 is 2.27 bits per heavy atom. The quantitative estimate of drug-likeness (QED) is 0.524. The van der Waals surface area contributed by atoms with Crippen molar-refractivity contribution in [2.45, 2.75) is 47.0 Å². The summed E-state index contributed by atoms with van der Waals surface area (Å²) in [4.78, 5) is 0. The summed E-state index contributed by atoms with van der Waals surface area (Å²) < 4.78 is 0. The molecule has 2 unspecified atom stereocenters. The van der Waals surface area contributed by atoms with Gasteiger partial charge in [0, 0.05) is 0 Å². The van der Waals surface area contributed by atoms with Crippen molar-refractivity contribution < 1.29 is 0 Å². The van der Waals surface area contributed by atoms with Crippen LogP contribution in [0.25, 0.3) is 0 Å². The van der Waals surface area contributed by atoms with Gasteiger partial charge in [0.1, 0.15) is 0 Å². The van der Waals surface area contributed by atoms with E-state index < -0.39 is 0 Å². The Labute approximate surface area is 71.7 Å². The number of unbranched alkanes of at least 4 members (excludes halogenated alkanes) is 1. The van der Waals surface area contributed by atoms with Crippen molar-refractivity contribution in [2.24, 2.45) is 11.8 Å². The average molecular weight is 154 g/mol. The summed E-state index contributed by atoms with van der Waals surface area (Å²) in [5.41, 5.74) is 0. The molecule has 0 spiro atoms. The highest BCUT2D eigenvalue weighted by Gasteiger charge is 2.04. The summed E-state index contributed by atoms with van der Waals surface area (Å²) in [6.07, 6.45) is 8.47. The minimum atomic E-state index is 0.756. The Balaban J connectivity index is 3.57. The summed E-state index contributed by atoms with van der Waals surface area (Å²) in [6.45, 7) is 9.11. The van der Waals surface area contributed by atoms with Gasteiger partial charge in [0.2, 0.25) is 0 Å². The van der Waals surface area contributed by atoms with Crippen LogP contribution in [0.2, 0.25) is 0 Å². The highest BCUT2D eigenvalue weighted by molar-refractivity contribution is 4.87. The Kier molecular flexibility index (Phi) is 6.30. The number of allylic oxidation sites excluding steroid dienone is 2. The van der Waals surface area contributed by atoms with Gasteiger partial charge in [-0.05, 0) is 18.3 Å². The van der Waals surface area contributed by atoms with Crippen LogP contribution in [0.1, 0.15) is 47.0 Å². The maximum atomic E-state index is 2.36. The predicted octanol–water partition coefficient (Wildman–Crippen LogP) is 4.02. The van der Waals surface area contributed by atoms with E-state index in [2.05, 4.69) is 39.8 Å². The first-order valence-corrected chi connectivity index (χ1v) is 4.89. The van der Waals surface area contributed by atoms with Gasteiger partial charge in [0.05, 0.1) is 0 Å². The molecule has 0 bridgehead atoms. The maximum absolute atomic E-state index is 2.36. The van der Waals surface area contributed by atoms with Crippen molar-refractivity contribution in [2.75, 3.05) is 0 Å². The molecule has 11 heavy (non-hydrogen) atoms. The van der Waals surface area contributed by atoms with Crippen molar-refractivity contribution in [3.8, 4) is 0 Å². The zero-order valence-electron chi connectivity index (χ0n) is 8.43. The van der Waals surface area contributed by atoms with Crippen molar-refractivity contribution >= 4 is 0 Å². The third kappa shape index (κ3) is 5.06. The molecule has 0 heteroatoms. The normalized spacial score (nSPS) is 17.1. The van der Waals surface area contributed by atoms with Crippen LogP contribution in [0.4, 0.5) is 0 Å². The topological polar surface area (TPSA) is 0 Å². The maximum Gasteiger partial charge on any atom is -0.0236 e. The molecular weight excluding hydrogens is 132 g/mol. The van der Waals surface area contributed by atoms with Gasteiger partial charge in [-0.25, -0.2) is 0 Å². The van der Waals surface area contributed by atoms with Gasteiger partial charge >= 0.3 is 0 Å². The van der Waals surface area contributed by atoms with Gasteiger partial charge in [-0.15, -0.1) is 0 Å². The third-order valence-corrected chi connectivity index (χ3v) is 2.44. The zero-order valence-corrected chi connectivity index (χ0v) is 8.43. The van der Waals surface area contributed by atoms with Gasteiger partial charge < -0.3 is 0 Å². The lowest BCUT2D eigenvalue weighted by Gasteiger charge is -2.13. The van der Waals surface area contributed by atoms with E-state index in [1.165, 1.54) is 19.3 Å². The molecule has 0 aromatic heterocycles. The molecular formula is C11H22. The van der Waals surface area contributed by atoms with Crippen molar-refractivity contribution in [1.82, 2.24) is 0 Å². The number of rotatable bonds is 5. The second-order valence-electron chi connectivity index (χ2n) is 3.46. The fourth-order valence-electron chi connectivity index (χ4n) is 1.04. The SMILES string of the molecule is CCC/C=C/C(C)C(C)CC. The van der Waals surface area contributed by atoms with Gasteiger partial charge in [-0.1, -0.05) is 52.7 Å². The largest absolute Gasteiger partial charge is 0.0883 e. The standard InChI is InChI=1S/C11H22/c1-5-7-8-9-11(4)10(3)6-2/h8-11H,5-7H2,1-4H3/b9-8+. The Bertz CT molecular complexity index is 103. The Hall–Kier alpha value is -0.260. The predicted molar refractivity (Wildman–Crippen MR) is 52.7 cm³/mol. The van der Waals surface area contributed by atoms with Crippen LogP contribution in [0.15, 0.2) is 12.2 Å². The van der Waals surface area contributed by atoms with Crippen LogP contribution in [-0.2, 0) is 0 Å². The van der Waals surface area contributed by atoms with Crippen LogP contribution >= 0.6 is 0 Å². The fraction of sp³-hybridized carbons (Fsp3) is 0.818. The first kappa shape index (κ1) is 10.7. The van der Waals surface area contributed by atoms with E-state index in [-0.39, 0.29) is 0 Å². The van der Waals surface area contributed by atoms with Crippen molar-refractivity contribution in [3.63, 3.8) is 0 Å². The van der Waals surface area contributed by atoms with E-state index in [1.54, 1.807) is 0 Å². The number of hydrogen-bond donors (Lipinski definition) is 0. The lowest BCUT2D eigenvalue weighted by molar-refractivity contribution is 0.445. The third-order valence-electron chi connectivity index (χ3n) is 2.44. The summed E-state index contributed by atoms with van der Waals surface area (Å²) >= 11 is 0. The van der Waals surface area contributed by atoms with Crippen molar-refractivity contribution in [1.29, 1.82) is 0 Å². The highest BCUT2D eigenvalue weighted by Crippen LogP contribution is 2.15. The van der Waals surface area contributed by atoms with E-state index >= 15 is 0 Å². The molecule has 66 valence electrons. The molecule has 0 saturated carbocycles. The first-order valence-electron chi connectivity index (χ1n) is 4.89. The molecule has 0 N–H and O–H groups in total. The minimum Gasteiger partial charge on any atom is -0.0883 e. The van der Waals surface area contributed by atoms with E-state index in [0.717, 1.165) is 11.8 Å². The summed E-state index contributed by atoms with van der Waals surface area (Å²) in [5.74, 6) is 1.59. The van der Waals surface area contributed by atoms with Crippen LogP contribution in [0.5, 0.6) is 0 Å². The Morgan fingerprint density at radius 2 is 1.82 bits per heavy atom. The molecule has 0 rings (SSSR count). The minimum absolute atomic E-state index is 0.756. The summed E-state index contributed by atoms with van der Waals surface area (Å²) in [5, 5.41) is 0. The lowest BCUT2D eigenvalue weighted by atomic mass is 9.93. The second kappa shape index (κ2) is 6.45. The van der Waals surface area contributed by atoms with E-state index in [0.29, 0.717) is 0 Å². The Morgan fingerprint density at radius 1 is 1.18 bits per heavy atom. The second-order valence-corrected chi connectivity index (χ2v) is 3.46. The lowest BCUT2D eigenvalue weighted by Crippen LogP contribution is -2.02. The van der Waals surface area contributed by atoms with Crippen LogP contribution in [0, 0.1) is 11.8 Å².